The zero-order valence-corrected chi connectivity index (χ0v) is 16.2. The van der Waals surface area contributed by atoms with Gasteiger partial charge in [0.1, 0.15) is 5.75 Å². The van der Waals surface area contributed by atoms with Gasteiger partial charge in [-0.15, -0.1) is 0 Å². The average Bonchev–Trinajstić information content (AvgIpc) is 2.91. The maximum Gasteiger partial charge on any atom is 0.231 e. The third-order valence-corrected chi connectivity index (χ3v) is 5.83. The standard InChI is InChI=1S/C19H23N3O3S/c1-5-22-17-12-15(25-3)10-11-16(17)18(20)19(22)13-6-8-14(9-7-13)21(2)26(4,23)24/h6-12H,5,20H2,1-4H3. The zero-order chi connectivity index (χ0) is 19.1. The minimum absolute atomic E-state index is 0.607. The Morgan fingerprint density at radius 1 is 1.15 bits per heavy atom. The third-order valence-electron chi connectivity index (χ3n) is 4.63. The van der Waals surface area contributed by atoms with Gasteiger partial charge in [0.2, 0.25) is 10.0 Å². The predicted octanol–water partition coefficient (Wildman–Crippen LogP) is 3.31. The molecule has 138 valence electrons. The topological polar surface area (TPSA) is 77.6 Å². The van der Waals surface area contributed by atoms with E-state index in [4.69, 9.17) is 10.5 Å². The van der Waals surface area contributed by atoms with Gasteiger partial charge in [-0.05, 0) is 31.2 Å². The first kappa shape index (κ1) is 18.1. The SMILES string of the molecule is CCn1c(-c2ccc(N(C)S(C)(=O)=O)cc2)c(N)c2ccc(OC)cc21. The van der Waals surface area contributed by atoms with E-state index in [1.54, 1.807) is 19.2 Å². The molecule has 3 rings (SSSR count). The summed E-state index contributed by atoms with van der Waals surface area (Å²) in [7, 11) is -0.117. The second-order valence-electron chi connectivity index (χ2n) is 6.17. The van der Waals surface area contributed by atoms with Crippen molar-refractivity contribution in [2.75, 3.05) is 30.5 Å². The van der Waals surface area contributed by atoms with E-state index in [1.165, 1.54) is 17.6 Å². The van der Waals surface area contributed by atoms with Crippen molar-refractivity contribution in [1.82, 2.24) is 4.57 Å². The van der Waals surface area contributed by atoms with E-state index in [1.807, 2.05) is 30.3 Å². The van der Waals surface area contributed by atoms with E-state index in [2.05, 4.69) is 11.5 Å². The molecule has 0 radical (unpaired) electrons. The van der Waals surface area contributed by atoms with Crippen molar-refractivity contribution in [3.63, 3.8) is 0 Å². The first-order valence-electron chi connectivity index (χ1n) is 8.28. The van der Waals surface area contributed by atoms with Crippen LogP contribution >= 0.6 is 0 Å². The van der Waals surface area contributed by atoms with Gasteiger partial charge in [0, 0.05) is 30.6 Å². The molecule has 0 fully saturated rings. The molecular weight excluding hydrogens is 350 g/mol. The molecular formula is C19H23N3O3S. The molecule has 7 heteroatoms. The van der Waals surface area contributed by atoms with Crippen LogP contribution in [0.15, 0.2) is 42.5 Å². The summed E-state index contributed by atoms with van der Waals surface area (Å²) < 4.78 is 32.1. The Morgan fingerprint density at radius 2 is 1.81 bits per heavy atom. The fourth-order valence-corrected chi connectivity index (χ4v) is 3.65. The molecule has 2 aromatic carbocycles. The first-order valence-corrected chi connectivity index (χ1v) is 10.1. The normalized spacial score (nSPS) is 11.7. The van der Waals surface area contributed by atoms with E-state index >= 15 is 0 Å². The Labute approximate surface area is 153 Å². The Morgan fingerprint density at radius 3 is 2.35 bits per heavy atom. The van der Waals surface area contributed by atoms with Gasteiger partial charge < -0.3 is 15.0 Å². The number of nitrogens with two attached hydrogens (primary N) is 1. The Kier molecular flexibility index (Phi) is 4.58. The summed E-state index contributed by atoms with van der Waals surface area (Å²) in [6.45, 7) is 2.81. The number of ether oxygens (including phenoxy) is 1. The van der Waals surface area contributed by atoms with Crippen molar-refractivity contribution in [2.24, 2.45) is 0 Å². The van der Waals surface area contributed by atoms with Crippen LogP contribution in [0.2, 0.25) is 0 Å². The third kappa shape index (κ3) is 2.99. The zero-order valence-electron chi connectivity index (χ0n) is 15.4. The molecule has 2 N–H and O–H groups in total. The van der Waals surface area contributed by atoms with Crippen LogP contribution in [0.4, 0.5) is 11.4 Å². The highest BCUT2D eigenvalue weighted by Crippen LogP contribution is 2.38. The molecule has 0 bridgehead atoms. The van der Waals surface area contributed by atoms with Gasteiger partial charge in [0.25, 0.3) is 0 Å². The maximum atomic E-state index is 11.7. The number of hydrogen-bond acceptors (Lipinski definition) is 4. The molecule has 0 saturated carbocycles. The van der Waals surface area contributed by atoms with E-state index in [0.29, 0.717) is 11.4 Å². The van der Waals surface area contributed by atoms with E-state index in [9.17, 15) is 8.42 Å². The molecule has 1 aromatic heterocycles. The van der Waals surface area contributed by atoms with Gasteiger partial charge in [0.15, 0.2) is 0 Å². The highest BCUT2D eigenvalue weighted by atomic mass is 32.2. The molecule has 6 nitrogen and oxygen atoms in total. The number of anilines is 2. The van der Waals surface area contributed by atoms with Crippen LogP contribution < -0.4 is 14.8 Å². The Bertz CT molecular complexity index is 1050. The molecule has 0 amide bonds. The molecule has 0 spiro atoms. The van der Waals surface area contributed by atoms with Crippen molar-refractivity contribution >= 4 is 32.3 Å². The molecule has 0 saturated heterocycles. The number of methoxy groups -OCH3 is 1. The van der Waals surface area contributed by atoms with Crippen molar-refractivity contribution in [3.8, 4) is 17.0 Å². The number of benzene rings is 2. The largest absolute Gasteiger partial charge is 0.497 e. The lowest BCUT2D eigenvalue weighted by atomic mass is 10.1. The van der Waals surface area contributed by atoms with Gasteiger partial charge >= 0.3 is 0 Å². The summed E-state index contributed by atoms with van der Waals surface area (Å²) in [6.07, 6.45) is 1.18. The number of rotatable bonds is 5. The summed E-state index contributed by atoms with van der Waals surface area (Å²) in [5.41, 5.74) is 10.6. The molecule has 26 heavy (non-hydrogen) atoms. The van der Waals surface area contributed by atoms with Crippen molar-refractivity contribution < 1.29 is 13.2 Å². The smallest absolute Gasteiger partial charge is 0.231 e. The highest BCUT2D eigenvalue weighted by molar-refractivity contribution is 7.92. The summed E-state index contributed by atoms with van der Waals surface area (Å²) in [5, 5.41) is 0.972. The molecule has 0 atom stereocenters. The minimum Gasteiger partial charge on any atom is -0.497 e. The summed E-state index contributed by atoms with van der Waals surface area (Å²) in [6, 6.07) is 13.2. The predicted molar refractivity (Wildman–Crippen MR) is 107 cm³/mol. The molecule has 0 aliphatic heterocycles. The van der Waals surface area contributed by atoms with Gasteiger partial charge in [0.05, 0.1) is 36.0 Å². The van der Waals surface area contributed by atoms with Gasteiger partial charge in [-0.1, -0.05) is 12.1 Å². The second-order valence-corrected chi connectivity index (χ2v) is 8.18. The van der Waals surface area contributed by atoms with Gasteiger partial charge in [-0.2, -0.15) is 0 Å². The van der Waals surface area contributed by atoms with Crippen LogP contribution in [0.25, 0.3) is 22.2 Å². The molecule has 0 unspecified atom stereocenters. The summed E-state index contributed by atoms with van der Waals surface area (Å²) in [5.74, 6) is 0.779. The van der Waals surface area contributed by atoms with E-state index < -0.39 is 10.0 Å². The number of hydrogen-bond donors (Lipinski definition) is 1. The quantitative estimate of drug-likeness (QED) is 0.744. The van der Waals surface area contributed by atoms with Crippen molar-refractivity contribution in [2.45, 2.75) is 13.5 Å². The number of fused-ring (bicyclic) bond motifs is 1. The summed E-state index contributed by atoms with van der Waals surface area (Å²) in [4.78, 5) is 0. The lowest BCUT2D eigenvalue weighted by Crippen LogP contribution is -2.24. The maximum absolute atomic E-state index is 11.7. The minimum atomic E-state index is -3.29. The van der Waals surface area contributed by atoms with Crippen LogP contribution in [0, 0.1) is 0 Å². The molecule has 3 aromatic rings. The monoisotopic (exact) mass is 373 g/mol. The first-order chi connectivity index (χ1) is 12.3. The fourth-order valence-electron chi connectivity index (χ4n) is 3.14. The van der Waals surface area contributed by atoms with Crippen LogP contribution in [0.1, 0.15) is 6.92 Å². The Hall–Kier alpha value is -2.67. The number of aromatic nitrogens is 1. The number of nitrogen functional groups attached to an aromatic ring is 1. The lowest BCUT2D eigenvalue weighted by Gasteiger charge is -2.17. The van der Waals surface area contributed by atoms with Crippen molar-refractivity contribution in [3.05, 3.63) is 42.5 Å². The highest BCUT2D eigenvalue weighted by Gasteiger charge is 2.17. The number of sulfonamides is 1. The van der Waals surface area contributed by atoms with Crippen LogP contribution in [-0.4, -0.2) is 33.4 Å². The van der Waals surface area contributed by atoms with Crippen LogP contribution in [0.3, 0.4) is 0 Å². The van der Waals surface area contributed by atoms with E-state index in [-0.39, 0.29) is 0 Å². The second kappa shape index (κ2) is 6.57. The van der Waals surface area contributed by atoms with Crippen molar-refractivity contribution in [1.29, 1.82) is 0 Å². The van der Waals surface area contributed by atoms with Crippen LogP contribution in [0.5, 0.6) is 5.75 Å². The average molecular weight is 373 g/mol. The van der Waals surface area contributed by atoms with Gasteiger partial charge in [-0.25, -0.2) is 8.42 Å². The fraction of sp³-hybridized carbons (Fsp3) is 0.263. The molecule has 0 aliphatic carbocycles. The molecule has 0 aliphatic rings. The number of nitrogens with zero attached hydrogens (tertiary/aromatic N) is 2. The lowest BCUT2D eigenvalue weighted by molar-refractivity contribution is 0.415. The van der Waals surface area contributed by atoms with E-state index in [0.717, 1.165) is 34.5 Å². The number of aryl methyl sites for hydroxylation is 1. The molecule has 1 heterocycles. The van der Waals surface area contributed by atoms with Crippen LogP contribution in [-0.2, 0) is 16.6 Å². The summed E-state index contributed by atoms with van der Waals surface area (Å²) >= 11 is 0. The Balaban J connectivity index is 2.15. The van der Waals surface area contributed by atoms with Gasteiger partial charge in [-0.3, -0.25) is 4.31 Å².